The maximum atomic E-state index is 13.4. The second-order valence-corrected chi connectivity index (χ2v) is 5.08. The zero-order chi connectivity index (χ0) is 14.7. The summed E-state index contributed by atoms with van der Waals surface area (Å²) in [5.74, 6) is -0.898. The maximum Gasteiger partial charge on any atom is 0.335 e. The molecule has 1 N–H and O–H groups in total. The number of rotatable bonds is 4. The first-order chi connectivity index (χ1) is 9.49. The standard InChI is InChI=1S/C15H12BrFO3/c1-9-5-6-10(15(18)19)7-13(9)20-8-11-3-2-4-12(17)14(11)16/h2-7H,8H2,1H3,(H,18,19). The van der Waals surface area contributed by atoms with Gasteiger partial charge in [0, 0.05) is 5.56 Å². The van der Waals surface area contributed by atoms with Gasteiger partial charge in [-0.05, 0) is 46.6 Å². The van der Waals surface area contributed by atoms with Crippen LogP contribution in [0.15, 0.2) is 40.9 Å². The van der Waals surface area contributed by atoms with Crippen molar-refractivity contribution in [2.24, 2.45) is 0 Å². The molecule has 0 saturated heterocycles. The van der Waals surface area contributed by atoms with Crippen molar-refractivity contribution in [2.75, 3.05) is 0 Å². The molecule has 0 heterocycles. The molecule has 0 aromatic heterocycles. The Morgan fingerprint density at radius 3 is 2.80 bits per heavy atom. The number of carboxylic acid groups (broad SMARTS) is 1. The van der Waals surface area contributed by atoms with Gasteiger partial charge in [-0.1, -0.05) is 18.2 Å². The molecular weight excluding hydrogens is 327 g/mol. The molecule has 0 unspecified atom stereocenters. The minimum atomic E-state index is -1.01. The summed E-state index contributed by atoms with van der Waals surface area (Å²) >= 11 is 3.16. The van der Waals surface area contributed by atoms with Crippen molar-refractivity contribution < 1.29 is 19.0 Å². The first-order valence-electron chi connectivity index (χ1n) is 5.88. The molecule has 2 aromatic rings. The van der Waals surface area contributed by atoms with Crippen molar-refractivity contribution in [3.63, 3.8) is 0 Å². The lowest BCUT2D eigenvalue weighted by molar-refractivity contribution is 0.0696. The normalized spacial score (nSPS) is 10.3. The van der Waals surface area contributed by atoms with Crippen molar-refractivity contribution in [3.05, 3.63) is 63.4 Å². The number of halogens is 2. The van der Waals surface area contributed by atoms with E-state index >= 15 is 0 Å². The van der Waals surface area contributed by atoms with Crippen molar-refractivity contribution in [1.82, 2.24) is 0 Å². The van der Waals surface area contributed by atoms with Crippen LogP contribution >= 0.6 is 15.9 Å². The Balaban J connectivity index is 2.20. The molecule has 0 spiro atoms. The van der Waals surface area contributed by atoms with Gasteiger partial charge in [-0.2, -0.15) is 0 Å². The lowest BCUT2D eigenvalue weighted by atomic mass is 10.1. The molecule has 0 aliphatic heterocycles. The average Bonchev–Trinajstić information content (AvgIpc) is 2.41. The van der Waals surface area contributed by atoms with E-state index in [0.717, 1.165) is 5.56 Å². The summed E-state index contributed by atoms with van der Waals surface area (Å²) < 4.78 is 19.3. The van der Waals surface area contributed by atoms with E-state index in [1.54, 1.807) is 18.2 Å². The fourth-order valence-corrected chi connectivity index (χ4v) is 2.08. The van der Waals surface area contributed by atoms with Gasteiger partial charge in [0.25, 0.3) is 0 Å². The monoisotopic (exact) mass is 338 g/mol. The van der Waals surface area contributed by atoms with E-state index in [9.17, 15) is 9.18 Å². The van der Waals surface area contributed by atoms with E-state index in [-0.39, 0.29) is 18.0 Å². The van der Waals surface area contributed by atoms with Gasteiger partial charge in [0.1, 0.15) is 18.2 Å². The highest BCUT2D eigenvalue weighted by molar-refractivity contribution is 9.10. The van der Waals surface area contributed by atoms with Crippen LogP contribution in [0.5, 0.6) is 5.75 Å². The number of aryl methyl sites for hydroxylation is 1. The highest BCUT2D eigenvalue weighted by atomic mass is 79.9. The van der Waals surface area contributed by atoms with Gasteiger partial charge in [-0.3, -0.25) is 0 Å². The first kappa shape index (κ1) is 14.5. The number of carbonyl (C=O) groups is 1. The van der Waals surface area contributed by atoms with Gasteiger partial charge in [-0.25, -0.2) is 9.18 Å². The number of ether oxygens (including phenoxy) is 1. The summed E-state index contributed by atoms with van der Waals surface area (Å²) in [7, 11) is 0. The van der Waals surface area contributed by atoms with Crippen molar-refractivity contribution in [3.8, 4) is 5.75 Å². The van der Waals surface area contributed by atoms with E-state index < -0.39 is 5.97 Å². The molecule has 0 saturated carbocycles. The Labute approximate surface area is 124 Å². The Morgan fingerprint density at radius 1 is 1.35 bits per heavy atom. The van der Waals surface area contributed by atoms with Crippen molar-refractivity contribution in [1.29, 1.82) is 0 Å². The molecule has 0 radical (unpaired) electrons. The quantitative estimate of drug-likeness (QED) is 0.909. The second-order valence-electron chi connectivity index (χ2n) is 4.29. The number of hydrogen-bond acceptors (Lipinski definition) is 2. The van der Waals surface area contributed by atoms with Gasteiger partial charge in [-0.15, -0.1) is 0 Å². The van der Waals surface area contributed by atoms with Gasteiger partial charge < -0.3 is 9.84 Å². The number of carboxylic acids is 1. The fourth-order valence-electron chi connectivity index (χ4n) is 1.70. The van der Waals surface area contributed by atoms with Crippen LogP contribution in [0.4, 0.5) is 4.39 Å². The molecule has 3 nitrogen and oxygen atoms in total. The molecule has 0 bridgehead atoms. The predicted molar refractivity (Wildman–Crippen MR) is 76.6 cm³/mol. The highest BCUT2D eigenvalue weighted by Crippen LogP contribution is 2.24. The van der Waals surface area contributed by atoms with E-state index in [0.29, 0.717) is 15.8 Å². The van der Waals surface area contributed by atoms with Gasteiger partial charge >= 0.3 is 5.97 Å². The average molecular weight is 339 g/mol. The third kappa shape index (κ3) is 3.17. The minimum absolute atomic E-state index is 0.155. The van der Waals surface area contributed by atoms with E-state index in [1.165, 1.54) is 18.2 Å². The lowest BCUT2D eigenvalue weighted by Crippen LogP contribution is -2.02. The summed E-state index contributed by atoms with van der Waals surface area (Å²) in [6.45, 7) is 1.98. The van der Waals surface area contributed by atoms with Crippen molar-refractivity contribution >= 4 is 21.9 Å². The van der Waals surface area contributed by atoms with Crippen LogP contribution in [0.25, 0.3) is 0 Å². The number of benzene rings is 2. The van der Waals surface area contributed by atoms with Gasteiger partial charge in [0.15, 0.2) is 0 Å². The molecule has 0 amide bonds. The molecular formula is C15H12BrFO3. The van der Waals surface area contributed by atoms with E-state index in [1.807, 2.05) is 6.92 Å². The zero-order valence-corrected chi connectivity index (χ0v) is 12.3. The third-order valence-corrected chi connectivity index (χ3v) is 3.74. The van der Waals surface area contributed by atoms with Crippen LogP contribution in [0.1, 0.15) is 21.5 Å². The minimum Gasteiger partial charge on any atom is -0.489 e. The Bertz CT molecular complexity index is 656. The van der Waals surface area contributed by atoms with E-state index in [2.05, 4.69) is 15.9 Å². The largest absolute Gasteiger partial charge is 0.489 e. The molecule has 2 aromatic carbocycles. The third-order valence-electron chi connectivity index (χ3n) is 2.85. The SMILES string of the molecule is Cc1ccc(C(=O)O)cc1OCc1cccc(F)c1Br. The number of hydrogen-bond donors (Lipinski definition) is 1. The van der Waals surface area contributed by atoms with E-state index in [4.69, 9.17) is 9.84 Å². The number of aromatic carboxylic acids is 1. The predicted octanol–water partition coefficient (Wildman–Crippen LogP) is 4.17. The molecule has 0 aliphatic rings. The van der Waals surface area contributed by atoms with Crippen LogP contribution in [0.2, 0.25) is 0 Å². The first-order valence-corrected chi connectivity index (χ1v) is 6.68. The second kappa shape index (κ2) is 6.05. The van der Waals surface area contributed by atoms with Gasteiger partial charge in [0.05, 0.1) is 10.0 Å². The maximum absolute atomic E-state index is 13.4. The summed E-state index contributed by atoms with van der Waals surface area (Å²) in [5, 5.41) is 8.95. The van der Waals surface area contributed by atoms with Crippen LogP contribution in [-0.2, 0) is 6.61 Å². The summed E-state index contributed by atoms with van der Waals surface area (Å²) in [6, 6.07) is 9.35. The fraction of sp³-hybridized carbons (Fsp3) is 0.133. The smallest absolute Gasteiger partial charge is 0.335 e. The van der Waals surface area contributed by atoms with Crippen LogP contribution in [-0.4, -0.2) is 11.1 Å². The molecule has 5 heteroatoms. The summed E-state index contributed by atoms with van der Waals surface area (Å²) in [6.07, 6.45) is 0. The molecule has 104 valence electrons. The zero-order valence-electron chi connectivity index (χ0n) is 10.7. The Hall–Kier alpha value is -1.88. The molecule has 0 fully saturated rings. The summed E-state index contributed by atoms with van der Waals surface area (Å²) in [4.78, 5) is 10.9. The summed E-state index contributed by atoms with van der Waals surface area (Å²) in [5.41, 5.74) is 1.64. The molecule has 0 aliphatic carbocycles. The Morgan fingerprint density at radius 2 is 2.10 bits per heavy atom. The highest BCUT2D eigenvalue weighted by Gasteiger charge is 2.09. The van der Waals surface area contributed by atoms with Crippen LogP contribution < -0.4 is 4.74 Å². The molecule has 0 atom stereocenters. The molecule has 2 rings (SSSR count). The Kier molecular flexibility index (Phi) is 4.39. The van der Waals surface area contributed by atoms with Crippen LogP contribution in [0, 0.1) is 12.7 Å². The molecule has 20 heavy (non-hydrogen) atoms. The van der Waals surface area contributed by atoms with Crippen LogP contribution in [0.3, 0.4) is 0 Å². The topological polar surface area (TPSA) is 46.5 Å². The van der Waals surface area contributed by atoms with Crippen molar-refractivity contribution in [2.45, 2.75) is 13.5 Å². The lowest BCUT2D eigenvalue weighted by Gasteiger charge is -2.11. The van der Waals surface area contributed by atoms with Gasteiger partial charge in [0.2, 0.25) is 0 Å².